The second-order valence-corrected chi connectivity index (χ2v) is 6.96. The summed E-state index contributed by atoms with van der Waals surface area (Å²) < 4.78 is 5.64. The van der Waals surface area contributed by atoms with Crippen LogP contribution >= 0.6 is 12.4 Å². The fourth-order valence-corrected chi connectivity index (χ4v) is 3.17. The first kappa shape index (κ1) is 20.5. The van der Waals surface area contributed by atoms with Crippen LogP contribution in [0, 0.1) is 11.8 Å². The van der Waals surface area contributed by atoms with E-state index in [9.17, 15) is 9.59 Å². The minimum atomic E-state index is 0. The van der Waals surface area contributed by atoms with E-state index in [1.807, 2.05) is 24.1 Å². The maximum Gasteiger partial charge on any atom is 0.260 e. The van der Waals surface area contributed by atoms with Crippen molar-refractivity contribution in [3.63, 3.8) is 0 Å². The van der Waals surface area contributed by atoms with Crippen molar-refractivity contribution >= 4 is 29.9 Å². The molecule has 2 fully saturated rings. The van der Waals surface area contributed by atoms with Crippen LogP contribution in [0.2, 0.25) is 0 Å². The normalized spacial score (nSPS) is 17.3. The molecule has 0 unspecified atom stereocenters. The Morgan fingerprint density at radius 3 is 2.58 bits per heavy atom. The number of carbonyl (C=O) groups excluding carboxylic acids is 2. The number of piperidine rings is 1. The average molecular weight is 382 g/mol. The van der Waals surface area contributed by atoms with Gasteiger partial charge in [-0.15, -0.1) is 12.4 Å². The van der Waals surface area contributed by atoms with Gasteiger partial charge in [0.25, 0.3) is 5.91 Å². The number of hydrogen-bond acceptors (Lipinski definition) is 4. The summed E-state index contributed by atoms with van der Waals surface area (Å²) in [5.74, 6) is 1.51. The van der Waals surface area contributed by atoms with Crippen LogP contribution < -0.4 is 15.4 Å². The van der Waals surface area contributed by atoms with E-state index in [1.165, 1.54) is 0 Å². The molecule has 3 rings (SSSR count). The number of halogens is 1. The molecule has 1 aromatic rings. The lowest BCUT2D eigenvalue weighted by Crippen LogP contribution is -2.42. The van der Waals surface area contributed by atoms with Crippen LogP contribution in [0.5, 0.6) is 5.75 Å². The number of carbonyl (C=O) groups is 2. The summed E-state index contributed by atoms with van der Waals surface area (Å²) >= 11 is 0. The number of nitrogens with one attached hydrogen (secondary N) is 2. The van der Waals surface area contributed by atoms with Crippen molar-refractivity contribution in [3.8, 4) is 5.75 Å². The molecule has 0 bridgehead atoms. The third-order valence-corrected chi connectivity index (χ3v) is 4.87. The summed E-state index contributed by atoms with van der Waals surface area (Å²) in [4.78, 5) is 26.0. The van der Waals surface area contributed by atoms with Crippen LogP contribution in [0.3, 0.4) is 0 Å². The highest BCUT2D eigenvalue weighted by Gasteiger charge is 2.29. The molecule has 6 nitrogen and oxygen atoms in total. The van der Waals surface area contributed by atoms with Crippen LogP contribution in [0.15, 0.2) is 24.3 Å². The molecule has 2 aliphatic rings. The Kier molecular flexibility index (Phi) is 7.72. The van der Waals surface area contributed by atoms with E-state index in [0.29, 0.717) is 11.7 Å². The van der Waals surface area contributed by atoms with Crippen molar-refractivity contribution in [2.24, 2.45) is 11.8 Å². The standard InChI is InChI=1S/C19H27N3O3.ClH/c1-20-12-14-7-9-22(10-8-14)18(23)13-25-17-4-2-3-16(11-17)21-19(24)15-5-6-15;/h2-4,11,14-15,20H,5-10,12-13H2,1H3,(H,21,24);1H. The van der Waals surface area contributed by atoms with Gasteiger partial charge in [0, 0.05) is 30.8 Å². The number of nitrogens with zero attached hydrogens (tertiary/aromatic N) is 1. The maximum absolute atomic E-state index is 12.3. The van der Waals surface area contributed by atoms with Crippen LogP contribution in [-0.2, 0) is 9.59 Å². The monoisotopic (exact) mass is 381 g/mol. The zero-order valence-electron chi connectivity index (χ0n) is 15.2. The Morgan fingerprint density at radius 1 is 1.19 bits per heavy atom. The fraction of sp³-hybridized carbons (Fsp3) is 0.579. The molecule has 1 saturated carbocycles. The molecule has 1 aliphatic carbocycles. The van der Waals surface area contributed by atoms with Gasteiger partial charge in [0.2, 0.25) is 5.91 Å². The molecule has 1 aliphatic heterocycles. The summed E-state index contributed by atoms with van der Waals surface area (Å²) in [5, 5.41) is 6.09. The molecule has 7 heteroatoms. The van der Waals surface area contributed by atoms with Gasteiger partial charge in [-0.05, 0) is 57.3 Å². The van der Waals surface area contributed by atoms with Gasteiger partial charge < -0.3 is 20.3 Å². The largest absolute Gasteiger partial charge is 0.484 e. The molecular formula is C19H28ClN3O3. The first-order valence-electron chi connectivity index (χ1n) is 9.12. The van der Waals surface area contributed by atoms with E-state index in [4.69, 9.17) is 4.74 Å². The highest BCUT2D eigenvalue weighted by molar-refractivity contribution is 5.94. The summed E-state index contributed by atoms with van der Waals surface area (Å²) in [5.41, 5.74) is 0.717. The van der Waals surface area contributed by atoms with Gasteiger partial charge in [0.15, 0.2) is 6.61 Å². The predicted octanol–water partition coefficient (Wildman–Crippen LogP) is 2.29. The van der Waals surface area contributed by atoms with Crippen molar-refractivity contribution in [1.29, 1.82) is 0 Å². The molecule has 2 N–H and O–H groups in total. The van der Waals surface area contributed by atoms with Gasteiger partial charge in [-0.1, -0.05) is 6.07 Å². The maximum atomic E-state index is 12.3. The van der Waals surface area contributed by atoms with Gasteiger partial charge in [-0.3, -0.25) is 9.59 Å². The number of benzene rings is 1. The second kappa shape index (κ2) is 9.78. The minimum absolute atomic E-state index is 0. The van der Waals surface area contributed by atoms with Gasteiger partial charge in [-0.25, -0.2) is 0 Å². The number of anilines is 1. The first-order chi connectivity index (χ1) is 12.2. The Labute approximate surface area is 161 Å². The van der Waals surface area contributed by atoms with Crippen LogP contribution in [0.4, 0.5) is 5.69 Å². The van der Waals surface area contributed by atoms with Crippen LogP contribution in [0.1, 0.15) is 25.7 Å². The second-order valence-electron chi connectivity index (χ2n) is 6.96. The van der Waals surface area contributed by atoms with E-state index < -0.39 is 0 Å². The Bertz CT molecular complexity index is 614. The molecule has 2 amide bonds. The van der Waals surface area contributed by atoms with E-state index in [1.54, 1.807) is 12.1 Å². The van der Waals surface area contributed by atoms with Crippen molar-refractivity contribution in [2.45, 2.75) is 25.7 Å². The molecule has 26 heavy (non-hydrogen) atoms. The SMILES string of the molecule is CNCC1CCN(C(=O)COc2cccc(NC(=O)C3CC3)c2)CC1.Cl. The number of rotatable bonds is 7. The average Bonchev–Trinajstić information content (AvgIpc) is 3.46. The van der Waals surface area contributed by atoms with Gasteiger partial charge in [-0.2, -0.15) is 0 Å². The van der Waals surface area contributed by atoms with Crippen LogP contribution in [-0.4, -0.2) is 50.0 Å². The van der Waals surface area contributed by atoms with E-state index in [-0.39, 0.29) is 36.7 Å². The van der Waals surface area contributed by atoms with E-state index >= 15 is 0 Å². The third kappa shape index (κ3) is 5.88. The number of likely N-dealkylation sites (tertiary alicyclic amines) is 1. The predicted molar refractivity (Wildman–Crippen MR) is 104 cm³/mol. The Balaban J connectivity index is 0.00000243. The molecular weight excluding hydrogens is 354 g/mol. The number of hydrogen-bond donors (Lipinski definition) is 2. The summed E-state index contributed by atoms with van der Waals surface area (Å²) in [6.45, 7) is 2.65. The van der Waals surface area contributed by atoms with Crippen molar-refractivity contribution < 1.29 is 14.3 Å². The van der Waals surface area contributed by atoms with E-state index in [0.717, 1.165) is 51.0 Å². The number of amides is 2. The Morgan fingerprint density at radius 2 is 1.92 bits per heavy atom. The summed E-state index contributed by atoms with van der Waals surface area (Å²) in [7, 11) is 1.96. The smallest absolute Gasteiger partial charge is 0.260 e. The molecule has 0 atom stereocenters. The zero-order chi connectivity index (χ0) is 17.6. The topological polar surface area (TPSA) is 70.7 Å². The Hall–Kier alpha value is -1.79. The van der Waals surface area contributed by atoms with Crippen molar-refractivity contribution in [3.05, 3.63) is 24.3 Å². The van der Waals surface area contributed by atoms with Gasteiger partial charge in [0.05, 0.1) is 0 Å². The van der Waals surface area contributed by atoms with Gasteiger partial charge >= 0.3 is 0 Å². The van der Waals surface area contributed by atoms with E-state index in [2.05, 4.69) is 10.6 Å². The molecule has 1 heterocycles. The highest BCUT2D eigenvalue weighted by Crippen LogP contribution is 2.30. The third-order valence-electron chi connectivity index (χ3n) is 4.87. The van der Waals surface area contributed by atoms with Crippen molar-refractivity contribution in [1.82, 2.24) is 10.2 Å². The molecule has 0 aromatic heterocycles. The minimum Gasteiger partial charge on any atom is -0.484 e. The summed E-state index contributed by atoms with van der Waals surface area (Å²) in [6.07, 6.45) is 4.02. The lowest BCUT2D eigenvalue weighted by Gasteiger charge is -2.31. The quantitative estimate of drug-likeness (QED) is 0.760. The molecule has 144 valence electrons. The lowest BCUT2D eigenvalue weighted by atomic mass is 9.97. The number of ether oxygens (including phenoxy) is 1. The first-order valence-corrected chi connectivity index (χ1v) is 9.12. The fourth-order valence-electron chi connectivity index (χ4n) is 3.17. The lowest BCUT2D eigenvalue weighted by molar-refractivity contribution is -0.134. The van der Waals surface area contributed by atoms with Crippen molar-refractivity contribution in [2.75, 3.05) is 38.6 Å². The highest BCUT2D eigenvalue weighted by atomic mass is 35.5. The zero-order valence-corrected chi connectivity index (χ0v) is 16.0. The summed E-state index contributed by atoms with van der Waals surface area (Å²) in [6, 6.07) is 7.24. The molecule has 0 radical (unpaired) electrons. The van der Waals surface area contributed by atoms with Crippen LogP contribution in [0.25, 0.3) is 0 Å². The molecule has 1 saturated heterocycles. The van der Waals surface area contributed by atoms with Gasteiger partial charge in [0.1, 0.15) is 5.75 Å². The molecule has 1 aromatic carbocycles. The molecule has 0 spiro atoms.